The molecule has 0 aromatic heterocycles. The third kappa shape index (κ3) is 17.8. The number of nitrogens with one attached hydrogen (secondary N) is 4. The SMILES string of the molecule is CSC(C)(C)[C@H](NC(=O)[C@H](C)N(C)C(=O)OC(C)(C)C)C(=O)N1Cc2ccccc2C[C@H]1C(=O)N(Cc1ccc(C(=O)NC2CC(C(=O)N[C@@H]3CCCc4ccccc43)N(C(=O)[C@@H](NC(=O)[C@H](C)N(C)C(=O)OC(C)(C)C)C(C)(C)C)C2)cc1)[C@H](C)c1ccccc1F. The minimum atomic E-state index is -1.20. The molecular formula is C71H96FN9O11S. The van der Waals surface area contributed by atoms with Gasteiger partial charge in [-0.3, -0.25) is 43.4 Å². The van der Waals surface area contributed by atoms with Gasteiger partial charge in [0.1, 0.15) is 53.3 Å². The summed E-state index contributed by atoms with van der Waals surface area (Å²) in [5.74, 6) is -4.29. The molecule has 4 aromatic rings. The van der Waals surface area contributed by atoms with Gasteiger partial charge in [0.15, 0.2) is 0 Å². The van der Waals surface area contributed by atoms with Crippen molar-refractivity contribution in [1.29, 1.82) is 0 Å². The summed E-state index contributed by atoms with van der Waals surface area (Å²) in [6, 6.07) is 19.5. The number of nitrogens with zero attached hydrogens (tertiary/aromatic N) is 5. The molecule has 3 aliphatic rings. The first-order chi connectivity index (χ1) is 43.4. The maximum Gasteiger partial charge on any atom is 0.410 e. The molecule has 9 atom stereocenters. The Morgan fingerprint density at radius 3 is 1.73 bits per heavy atom. The van der Waals surface area contributed by atoms with Gasteiger partial charge in [0, 0.05) is 62.1 Å². The first-order valence-electron chi connectivity index (χ1n) is 32.0. The van der Waals surface area contributed by atoms with E-state index in [1.165, 1.54) is 60.5 Å². The van der Waals surface area contributed by atoms with Crippen LogP contribution in [0.1, 0.15) is 172 Å². The normalized spacial score (nSPS) is 19.0. The van der Waals surface area contributed by atoms with E-state index >= 15 is 18.8 Å². The fourth-order valence-corrected chi connectivity index (χ4v) is 12.3. The summed E-state index contributed by atoms with van der Waals surface area (Å²) in [4.78, 5) is 137. The van der Waals surface area contributed by atoms with Crippen LogP contribution in [0.25, 0.3) is 0 Å². The number of carbonyl (C=O) groups is 9. The molecule has 93 heavy (non-hydrogen) atoms. The number of likely N-dealkylation sites (tertiary alicyclic amines) is 1. The Labute approximate surface area is 552 Å². The topological polar surface area (TPSA) is 236 Å². The second kappa shape index (κ2) is 29.5. The lowest BCUT2D eigenvalue weighted by Crippen LogP contribution is -2.63. The molecule has 504 valence electrons. The molecule has 4 N–H and O–H groups in total. The van der Waals surface area contributed by atoms with E-state index in [2.05, 4.69) is 21.3 Å². The van der Waals surface area contributed by atoms with Gasteiger partial charge in [-0.15, -0.1) is 0 Å². The Bertz CT molecular complexity index is 3420. The number of hydrogen-bond donors (Lipinski definition) is 4. The number of aryl methyl sites for hydroxylation is 1. The molecule has 2 heterocycles. The van der Waals surface area contributed by atoms with Crippen LogP contribution in [0.5, 0.6) is 0 Å². The summed E-state index contributed by atoms with van der Waals surface area (Å²) < 4.78 is 26.1. The van der Waals surface area contributed by atoms with Crippen LogP contribution in [0.2, 0.25) is 0 Å². The zero-order valence-electron chi connectivity index (χ0n) is 57.1. The van der Waals surface area contributed by atoms with Crippen LogP contribution < -0.4 is 21.3 Å². The monoisotopic (exact) mass is 1300 g/mol. The van der Waals surface area contributed by atoms with E-state index in [0.717, 1.165) is 44.9 Å². The first kappa shape index (κ1) is 72.4. The maximum atomic E-state index is 16.0. The number of ether oxygens (including phenoxy) is 2. The Kier molecular flexibility index (Phi) is 23.0. The van der Waals surface area contributed by atoms with Crippen LogP contribution in [0.15, 0.2) is 97.1 Å². The number of amides is 9. The zero-order chi connectivity index (χ0) is 68.8. The predicted octanol–water partition coefficient (Wildman–Crippen LogP) is 9.43. The van der Waals surface area contributed by atoms with Crippen molar-refractivity contribution in [2.45, 2.75) is 212 Å². The fraction of sp³-hybridized carbons (Fsp3) is 0.535. The van der Waals surface area contributed by atoms with Gasteiger partial charge in [0.25, 0.3) is 5.91 Å². The lowest BCUT2D eigenvalue weighted by atomic mass is 9.85. The molecule has 22 heteroatoms. The number of benzene rings is 4. The molecule has 9 amide bonds. The van der Waals surface area contributed by atoms with E-state index < -0.39 is 129 Å². The summed E-state index contributed by atoms with van der Waals surface area (Å²) in [5, 5.41) is 12.1. The minimum absolute atomic E-state index is 0.0108. The lowest BCUT2D eigenvalue weighted by Gasteiger charge is -2.44. The van der Waals surface area contributed by atoms with Gasteiger partial charge in [-0.2, -0.15) is 11.8 Å². The summed E-state index contributed by atoms with van der Waals surface area (Å²) in [6.07, 6.45) is 2.89. The van der Waals surface area contributed by atoms with Gasteiger partial charge in [-0.25, -0.2) is 14.0 Å². The maximum absolute atomic E-state index is 16.0. The average molecular weight is 1300 g/mol. The summed E-state index contributed by atoms with van der Waals surface area (Å²) in [7, 11) is 2.88. The Morgan fingerprint density at radius 1 is 0.645 bits per heavy atom. The van der Waals surface area contributed by atoms with Gasteiger partial charge in [0.05, 0.1) is 12.1 Å². The molecule has 0 radical (unpaired) electrons. The Hall–Kier alpha value is -8.01. The van der Waals surface area contributed by atoms with Crippen LogP contribution in [0, 0.1) is 11.2 Å². The van der Waals surface area contributed by atoms with Crippen molar-refractivity contribution in [3.63, 3.8) is 0 Å². The molecular weight excluding hydrogens is 1210 g/mol. The summed E-state index contributed by atoms with van der Waals surface area (Å²) in [5.41, 5.74) is 2.21. The molecule has 7 rings (SSSR count). The average Bonchev–Trinajstić information content (AvgIpc) is 1.44. The van der Waals surface area contributed by atoms with Crippen LogP contribution in [-0.4, -0.2) is 163 Å². The van der Waals surface area contributed by atoms with Gasteiger partial charge in [-0.05, 0) is 160 Å². The number of hydrogen-bond acceptors (Lipinski definition) is 12. The molecule has 2 unspecified atom stereocenters. The van der Waals surface area contributed by atoms with Crippen molar-refractivity contribution >= 4 is 65.3 Å². The van der Waals surface area contributed by atoms with Crippen molar-refractivity contribution < 1.29 is 57.0 Å². The van der Waals surface area contributed by atoms with E-state index in [9.17, 15) is 28.8 Å². The van der Waals surface area contributed by atoms with E-state index in [-0.39, 0.29) is 49.6 Å². The van der Waals surface area contributed by atoms with Crippen molar-refractivity contribution in [1.82, 2.24) is 45.8 Å². The third-order valence-electron chi connectivity index (χ3n) is 17.8. The molecule has 1 aliphatic carbocycles. The molecule has 2 aliphatic heterocycles. The van der Waals surface area contributed by atoms with Crippen LogP contribution in [0.3, 0.4) is 0 Å². The smallest absolute Gasteiger partial charge is 0.410 e. The number of likely N-dealkylation sites (N-methyl/N-ethyl adjacent to an activating group) is 2. The number of thioether (sulfide) groups is 1. The van der Waals surface area contributed by atoms with E-state index in [1.54, 1.807) is 112 Å². The molecule has 1 saturated heterocycles. The number of halogens is 1. The highest BCUT2D eigenvalue weighted by Gasteiger charge is 2.49. The highest BCUT2D eigenvalue weighted by atomic mass is 32.2. The zero-order valence-corrected chi connectivity index (χ0v) is 57.9. The fourth-order valence-electron chi connectivity index (χ4n) is 11.9. The van der Waals surface area contributed by atoms with Crippen molar-refractivity contribution in [2.75, 3.05) is 26.9 Å². The van der Waals surface area contributed by atoms with Crippen molar-refractivity contribution in [3.8, 4) is 0 Å². The Morgan fingerprint density at radius 2 is 1.17 bits per heavy atom. The first-order valence-corrected chi connectivity index (χ1v) is 33.2. The number of rotatable bonds is 19. The van der Waals surface area contributed by atoms with E-state index in [1.807, 2.05) is 68.6 Å². The van der Waals surface area contributed by atoms with Gasteiger partial charge >= 0.3 is 12.2 Å². The van der Waals surface area contributed by atoms with E-state index in [0.29, 0.717) is 12.0 Å². The molecule has 20 nitrogen and oxygen atoms in total. The minimum Gasteiger partial charge on any atom is -0.444 e. The standard InChI is InChI=1S/C71H96FN9O11S/c1-42(51-29-22-23-31-53(51)72)79(63(86)56-37-48-26-18-19-27-49(48)40-80(56)65(88)58(71(13,14)93-17)76-60(83)44(3)78(16)67(90)92-70(10,11)12)39-45-33-35-47(36-34-45)61(84)73-50-38-55(62(85)74-54-32-24-28-46-25-20-21-30-52(46)54)81(41-50)64(87)57(68(4,5)6)75-59(82)43(2)77(15)66(89)91-69(7,8)9/h18-23,25-27,29-31,33-36,42-44,50,54-58H,24,28,32,37-41H2,1-17H3,(H,73,84)(H,74,85)(H,75,82)(H,76,83)/t42-,43+,44+,50?,54-,55?,56+,57-,58-/m1/s1. The van der Waals surface area contributed by atoms with Gasteiger partial charge in [-0.1, -0.05) is 99.6 Å². The number of carbonyl (C=O) groups excluding carboxylic acids is 9. The van der Waals surface area contributed by atoms with Crippen LogP contribution in [-0.2, 0) is 64.2 Å². The van der Waals surface area contributed by atoms with Gasteiger partial charge in [0.2, 0.25) is 35.4 Å². The van der Waals surface area contributed by atoms with Crippen molar-refractivity contribution in [2.24, 2.45) is 5.41 Å². The van der Waals surface area contributed by atoms with Crippen LogP contribution in [0.4, 0.5) is 14.0 Å². The Balaban J connectivity index is 1.16. The third-order valence-corrected chi connectivity index (χ3v) is 19.1. The summed E-state index contributed by atoms with van der Waals surface area (Å²) in [6.45, 7) is 23.9. The number of fused-ring (bicyclic) bond motifs is 2. The second-order valence-electron chi connectivity index (χ2n) is 28.5. The molecule has 0 saturated carbocycles. The molecule has 1 fully saturated rings. The van der Waals surface area contributed by atoms with E-state index in [4.69, 9.17) is 9.47 Å². The van der Waals surface area contributed by atoms with Gasteiger partial charge < -0.3 is 45.4 Å². The second-order valence-corrected chi connectivity index (χ2v) is 29.9. The van der Waals surface area contributed by atoms with Crippen molar-refractivity contribution in [3.05, 3.63) is 142 Å². The predicted molar refractivity (Wildman–Crippen MR) is 356 cm³/mol. The highest BCUT2D eigenvalue weighted by molar-refractivity contribution is 8.00. The summed E-state index contributed by atoms with van der Waals surface area (Å²) >= 11 is 1.35. The quantitative estimate of drug-likeness (QED) is 0.0687. The highest BCUT2D eigenvalue weighted by Crippen LogP contribution is 2.36. The largest absolute Gasteiger partial charge is 0.444 e. The molecule has 0 bridgehead atoms. The van der Waals surface area contributed by atoms with Crippen LogP contribution >= 0.6 is 11.8 Å². The lowest BCUT2D eigenvalue weighted by molar-refractivity contribution is -0.151. The molecule has 4 aromatic carbocycles. The molecule has 0 spiro atoms.